The van der Waals surface area contributed by atoms with Crippen LogP contribution < -0.4 is 4.72 Å². The van der Waals surface area contributed by atoms with Gasteiger partial charge in [-0.2, -0.15) is 0 Å². The van der Waals surface area contributed by atoms with Crippen molar-refractivity contribution < 1.29 is 18.3 Å². The van der Waals surface area contributed by atoms with E-state index in [4.69, 9.17) is 5.11 Å². The van der Waals surface area contributed by atoms with E-state index in [1.807, 2.05) is 0 Å². The number of aryl methyl sites for hydroxylation is 1. The van der Waals surface area contributed by atoms with E-state index < -0.39 is 21.4 Å². The van der Waals surface area contributed by atoms with Crippen molar-refractivity contribution in [2.45, 2.75) is 24.7 Å². The molecule has 2 rings (SSSR count). The molecule has 0 radical (unpaired) electrons. The van der Waals surface area contributed by atoms with Gasteiger partial charge in [-0.05, 0) is 31.4 Å². The Kier molecular flexibility index (Phi) is 3.16. The van der Waals surface area contributed by atoms with Crippen LogP contribution in [0.3, 0.4) is 0 Å². The van der Waals surface area contributed by atoms with Crippen molar-refractivity contribution in [2.24, 2.45) is 5.41 Å². The summed E-state index contributed by atoms with van der Waals surface area (Å²) in [5.41, 5.74) is -0.249. The van der Waals surface area contributed by atoms with Gasteiger partial charge < -0.3 is 5.11 Å². The third-order valence-electron chi connectivity index (χ3n) is 3.29. The Morgan fingerprint density at radius 1 is 1.39 bits per heavy atom. The van der Waals surface area contributed by atoms with E-state index in [9.17, 15) is 13.2 Å². The summed E-state index contributed by atoms with van der Waals surface area (Å²) < 4.78 is 26.5. The second kappa shape index (κ2) is 4.37. The topological polar surface area (TPSA) is 83.5 Å². The molecule has 0 bridgehead atoms. The summed E-state index contributed by atoms with van der Waals surface area (Å²) in [6.07, 6.45) is 1.05. The standard InChI is InChI=1S/C12H15NO4S/c1-9-4-2-3-5-10(9)18(16,17)13-8-12(6-7-12)11(14)15/h2-5,13H,6-8H2,1H3,(H,14,15). The second-order valence-electron chi connectivity index (χ2n) is 4.68. The predicted octanol–water partition coefficient (Wildman–Crippen LogP) is 1.14. The summed E-state index contributed by atoms with van der Waals surface area (Å²) in [5, 5.41) is 8.99. The van der Waals surface area contributed by atoms with E-state index in [0.717, 1.165) is 0 Å². The number of carbonyl (C=O) groups is 1. The van der Waals surface area contributed by atoms with Gasteiger partial charge in [0.2, 0.25) is 10.0 Å². The van der Waals surface area contributed by atoms with Crippen LogP contribution in [0, 0.1) is 12.3 Å². The minimum absolute atomic E-state index is 0.0427. The number of benzene rings is 1. The zero-order chi connectivity index (χ0) is 13.4. The van der Waals surface area contributed by atoms with E-state index in [1.165, 1.54) is 6.07 Å². The predicted molar refractivity (Wildman–Crippen MR) is 65.7 cm³/mol. The molecular weight excluding hydrogens is 254 g/mol. The summed E-state index contributed by atoms with van der Waals surface area (Å²) in [7, 11) is -3.63. The van der Waals surface area contributed by atoms with Crippen LogP contribution in [0.15, 0.2) is 29.2 Å². The van der Waals surface area contributed by atoms with E-state index in [-0.39, 0.29) is 11.4 Å². The molecular formula is C12H15NO4S. The molecule has 6 heteroatoms. The zero-order valence-electron chi connectivity index (χ0n) is 10.0. The average molecular weight is 269 g/mol. The molecule has 1 aliphatic carbocycles. The summed E-state index contributed by atoms with van der Waals surface area (Å²) in [5.74, 6) is -0.935. The largest absolute Gasteiger partial charge is 0.481 e. The van der Waals surface area contributed by atoms with E-state index in [1.54, 1.807) is 25.1 Å². The van der Waals surface area contributed by atoms with E-state index in [2.05, 4.69) is 4.72 Å². The monoisotopic (exact) mass is 269 g/mol. The number of sulfonamides is 1. The molecule has 1 saturated carbocycles. The third kappa shape index (κ3) is 2.39. The maximum atomic E-state index is 12.0. The first kappa shape index (κ1) is 13.0. The normalized spacial score (nSPS) is 17.4. The highest BCUT2D eigenvalue weighted by Gasteiger charge is 2.50. The maximum Gasteiger partial charge on any atom is 0.310 e. The molecule has 5 nitrogen and oxygen atoms in total. The number of aliphatic carboxylic acids is 1. The Balaban J connectivity index is 2.14. The molecule has 0 aliphatic heterocycles. The molecule has 0 spiro atoms. The van der Waals surface area contributed by atoms with E-state index >= 15 is 0 Å². The second-order valence-corrected chi connectivity index (χ2v) is 6.41. The fraction of sp³-hybridized carbons (Fsp3) is 0.417. The fourth-order valence-corrected chi connectivity index (χ4v) is 3.16. The van der Waals surface area contributed by atoms with Crippen molar-refractivity contribution in [2.75, 3.05) is 6.54 Å². The molecule has 98 valence electrons. The van der Waals surface area contributed by atoms with Crippen LogP contribution in [0.2, 0.25) is 0 Å². The molecule has 0 saturated heterocycles. The summed E-state index contributed by atoms with van der Waals surface area (Å²) in [6, 6.07) is 6.62. The van der Waals surface area contributed by atoms with Crippen molar-refractivity contribution in [3.8, 4) is 0 Å². The first-order valence-corrected chi connectivity index (χ1v) is 7.14. The first-order chi connectivity index (χ1) is 8.37. The lowest BCUT2D eigenvalue weighted by Gasteiger charge is -2.12. The van der Waals surface area contributed by atoms with Crippen molar-refractivity contribution in [1.29, 1.82) is 0 Å². The molecule has 0 unspecified atom stereocenters. The van der Waals surface area contributed by atoms with Gasteiger partial charge in [0.1, 0.15) is 0 Å². The van der Waals surface area contributed by atoms with Crippen molar-refractivity contribution in [3.05, 3.63) is 29.8 Å². The molecule has 1 aromatic rings. The van der Waals surface area contributed by atoms with Crippen LogP contribution in [0.1, 0.15) is 18.4 Å². The quantitative estimate of drug-likeness (QED) is 0.839. The van der Waals surface area contributed by atoms with Crippen molar-refractivity contribution in [1.82, 2.24) is 4.72 Å². The van der Waals surface area contributed by atoms with Crippen LogP contribution >= 0.6 is 0 Å². The molecule has 18 heavy (non-hydrogen) atoms. The SMILES string of the molecule is Cc1ccccc1S(=O)(=O)NCC1(C(=O)O)CC1. The molecule has 0 amide bonds. The highest BCUT2D eigenvalue weighted by Crippen LogP contribution is 2.45. The number of carboxylic acid groups (broad SMARTS) is 1. The van der Waals surface area contributed by atoms with Crippen LogP contribution in [-0.4, -0.2) is 26.0 Å². The molecule has 0 heterocycles. The van der Waals surface area contributed by atoms with Gasteiger partial charge in [-0.25, -0.2) is 13.1 Å². The lowest BCUT2D eigenvalue weighted by molar-refractivity contribution is -0.143. The minimum Gasteiger partial charge on any atom is -0.481 e. The first-order valence-electron chi connectivity index (χ1n) is 5.66. The Bertz CT molecular complexity index is 575. The van der Waals surface area contributed by atoms with Crippen LogP contribution in [0.4, 0.5) is 0 Å². The Labute approximate surface area is 106 Å². The van der Waals surface area contributed by atoms with E-state index in [0.29, 0.717) is 18.4 Å². The van der Waals surface area contributed by atoms with Gasteiger partial charge in [-0.3, -0.25) is 4.79 Å². The summed E-state index contributed by atoms with van der Waals surface area (Å²) >= 11 is 0. The number of hydrogen-bond donors (Lipinski definition) is 2. The van der Waals surface area contributed by atoms with Crippen LogP contribution in [-0.2, 0) is 14.8 Å². The lowest BCUT2D eigenvalue weighted by atomic mass is 10.1. The van der Waals surface area contributed by atoms with Gasteiger partial charge in [0.05, 0.1) is 10.3 Å². The Morgan fingerprint density at radius 2 is 2.00 bits per heavy atom. The number of nitrogens with one attached hydrogen (secondary N) is 1. The van der Waals surface area contributed by atoms with Gasteiger partial charge in [-0.15, -0.1) is 0 Å². The van der Waals surface area contributed by atoms with Gasteiger partial charge in [0.15, 0.2) is 0 Å². The third-order valence-corrected chi connectivity index (χ3v) is 4.85. The molecule has 1 fully saturated rings. The molecule has 2 N–H and O–H groups in total. The van der Waals surface area contributed by atoms with Crippen molar-refractivity contribution in [3.63, 3.8) is 0 Å². The summed E-state index contributed by atoms with van der Waals surface area (Å²) in [4.78, 5) is 11.2. The molecule has 0 aromatic heterocycles. The molecule has 0 atom stereocenters. The number of rotatable bonds is 5. The highest BCUT2D eigenvalue weighted by atomic mass is 32.2. The maximum absolute atomic E-state index is 12.0. The molecule has 1 aromatic carbocycles. The van der Waals surface area contributed by atoms with Gasteiger partial charge >= 0.3 is 5.97 Å². The molecule has 1 aliphatic rings. The van der Waals surface area contributed by atoms with Crippen molar-refractivity contribution >= 4 is 16.0 Å². The smallest absolute Gasteiger partial charge is 0.310 e. The number of hydrogen-bond acceptors (Lipinski definition) is 3. The fourth-order valence-electron chi connectivity index (χ4n) is 1.79. The van der Waals surface area contributed by atoms with Crippen LogP contribution in [0.5, 0.6) is 0 Å². The van der Waals surface area contributed by atoms with Gasteiger partial charge in [0.25, 0.3) is 0 Å². The zero-order valence-corrected chi connectivity index (χ0v) is 10.8. The number of carboxylic acids is 1. The highest BCUT2D eigenvalue weighted by molar-refractivity contribution is 7.89. The Hall–Kier alpha value is -1.40. The van der Waals surface area contributed by atoms with Gasteiger partial charge in [0, 0.05) is 6.54 Å². The van der Waals surface area contributed by atoms with Gasteiger partial charge in [-0.1, -0.05) is 18.2 Å². The van der Waals surface area contributed by atoms with Crippen LogP contribution in [0.25, 0.3) is 0 Å². The lowest BCUT2D eigenvalue weighted by Crippen LogP contribution is -2.34. The minimum atomic E-state index is -3.63. The Morgan fingerprint density at radius 3 is 2.50 bits per heavy atom. The summed E-state index contributed by atoms with van der Waals surface area (Å²) in [6.45, 7) is 1.66. The average Bonchev–Trinajstić information content (AvgIpc) is 3.08.